The van der Waals surface area contributed by atoms with E-state index in [0.29, 0.717) is 5.69 Å². The number of amides is 3. The van der Waals surface area contributed by atoms with E-state index in [0.717, 1.165) is 17.0 Å². The van der Waals surface area contributed by atoms with Gasteiger partial charge in [0, 0.05) is 24.4 Å². The lowest BCUT2D eigenvalue weighted by molar-refractivity contribution is -0.384. The van der Waals surface area contributed by atoms with Crippen LogP contribution in [0.15, 0.2) is 48.5 Å². The van der Waals surface area contributed by atoms with Gasteiger partial charge in [0.2, 0.25) is 5.91 Å². The van der Waals surface area contributed by atoms with E-state index in [4.69, 9.17) is 5.26 Å². The number of nitro groups is 1. The van der Waals surface area contributed by atoms with Gasteiger partial charge in [0.25, 0.3) is 17.5 Å². The molecular weight excluding hydrogens is 364 g/mol. The molecule has 0 N–H and O–H groups in total. The van der Waals surface area contributed by atoms with Crippen LogP contribution in [0.3, 0.4) is 0 Å². The first-order valence-electron chi connectivity index (χ1n) is 8.31. The van der Waals surface area contributed by atoms with Crippen LogP contribution in [0.1, 0.15) is 27.1 Å². The summed E-state index contributed by atoms with van der Waals surface area (Å²) >= 11 is 0. The highest BCUT2D eigenvalue weighted by Crippen LogP contribution is 2.27. The summed E-state index contributed by atoms with van der Waals surface area (Å²) in [6.07, 6.45) is 0.0783. The van der Waals surface area contributed by atoms with Crippen molar-refractivity contribution < 1.29 is 19.3 Å². The summed E-state index contributed by atoms with van der Waals surface area (Å²) in [5, 5.41) is 19.7. The molecule has 0 atom stereocenters. The zero-order valence-corrected chi connectivity index (χ0v) is 14.6. The van der Waals surface area contributed by atoms with E-state index in [2.05, 4.69) is 0 Å². The molecule has 3 rings (SSSR count). The van der Waals surface area contributed by atoms with E-state index in [9.17, 15) is 24.5 Å². The van der Waals surface area contributed by atoms with Crippen LogP contribution in [-0.4, -0.2) is 40.6 Å². The van der Waals surface area contributed by atoms with Gasteiger partial charge < -0.3 is 4.90 Å². The van der Waals surface area contributed by atoms with Gasteiger partial charge in [0.1, 0.15) is 6.54 Å². The van der Waals surface area contributed by atoms with Gasteiger partial charge in [-0.3, -0.25) is 29.4 Å². The third kappa shape index (κ3) is 3.43. The summed E-state index contributed by atoms with van der Waals surface area (Å²) in [5.41, 5.74) is 0.143. The Morgan fingerprint density at radius 3 is 2.43 bits per heavy atom. The molecule has 0 unspecified atom stereocenters. The number of carbonyl (C=O) groups is 3. The lowest BCUT2D eigenvalue weighted by atomic mass is 10.1. The van der Waals surface area contributed by atoms with Gasteiger partial charge in [0.05, 0.1) is 28.5 Å². The Kier molecular flexibility index (Phi) is 5.13. The monoisotopic (exact) mass is 378 g/mol. The fraction of sp³-hybridized carbons (Fsp3) is 0.158. The second-order valence-electron chi connectivity index (χ2n) is 5.97. The fourth-order valence-corrected chi connectivity index (χ4v) is 2.92. The molecule has 140 valence electrons. The van der Waals surface area contributed by atoms with Crippen LogP contribution in [0, 0.1) is 21.4 Å². The van der Waals surface area contributed by atoms with E-state index < -0.39 is 29.2 Å². The zero-order chi connectivity index (χ0) is 20.3. The van der Waals surface area contributed by atoms with Crippen molar-refractivity contribution in [2.45, 2.75) is 6.42 Å². The van der Waals surface area contributed by atoms with Gasteiger partial charge in [0.15, 0.2) is 0 Å². The van der Waals surface area contributed by atoms with Gasteiger partial charge >= 0.3 is 0 Å². The van der Waals surface area contributed by atoms with Gasteiger partial charge in [-0.2, -0.15) is 5.26 Å². The minimum Gasteiger partial charge on any atom is -0.310 e. The van der Waals surface area contributed by atoms with Crippen molar-refractivity contribution in [1.82, 2.24) is 4.90 Å². The molecule has 0 bridgehead atoms. The van der Waals surface area contributed by atoms with Crippen molar-refractivity contribution in [2.75, 3.05) is 18.0 Å². The largest absolute Gasteiger partial charge is 0.310 e. The molecule has 0 spiro atoms. The van der Waals surface area contributed by atoms with E-state index in [1.807, 2.05) is 6.07 Å². The van der Waals surface area contributed by atoms with Crippen molar-refractivity contribution in [1.29, 1.82) is 5.26 Å². The highest BCUT2D eigenvalue weighted by Gasteiger charge is 2.38. The summed E-state index contributed by atoms with van der Waals surface area (Å²) in [4.78, 5) is 50.2. The lowest BCUT2D eigenvalue weighted by Gasteiger charge is -2.24. The number of fused-ring (bicyclic) bond motifs is 1. The summed E-state index contributed by atoms with van der Waals surface area (Å²) in [5.74, 6) is -1.98. The van der Waals surface area contributed by atoms with Crippen LogP contribution in [0.25, 0.3) is 0 Å². The molecule has 0 radical (unpaired) electrons. The van der Waals surface area contributed by atoms with Crippen molar-refractivity contribution in [3.8, 4) is 6.07 Å². The predicted molar refractivity (Wildman–Crippen MR) is 97.5 cm³/mol. The topological polar surface area (TPSA) is 125 Å². The molecule has 1 aliphatic heterocycles. The van der Waals surface area contributed by atoms with Crippen LogP contribution in [0.4, 0.5) is 11.4 Å². The minimum atomic E-state index is -0.759. The number of rotatable bonds is 6. The molecule has 9 nitrogen and oxygen atoms in total. The maximum Gasteiger partial charge on any atom is 0.270 e. The Balaban J connectivity index is 1.84. The number of nitriles is 1. The van der Waals surface area contributed by atoms with Crippen LogP contribution >= 0.6 is 0 Å². The highest BCUT2D eigenvalue weighted by molar-refractivity contribution is 6.23. The van der Waals surface area contributed by atoms with Crippen molar-refractivity contribution in [2.24, 2.45) is 0 Å². The van der Waals surface area contributed by atoms with Gasteiger partial charge in [-0.1, -0.05) is 18.2 Å². The first kappa shape index (κ1) is 18.7. The van der Waals surface area contributed by atoms with E-state index >= 15 is 0 Å². The number of nitrogens with zero attached hydrogens (tertiary/aromatic N) is 4. The number of hydrogen-bond donors (Lipinski definition) is 0. The Labute approximate surface area is 159 Å². The molecule has 2 aromatic carbocycles. The van der Waals surface area contributed by atoms with Gasteiger partial charge in [-0.25, -0.2) is 0 Å². The van der Waals surface area contributed by atoms with E-state index in [1.165, 1.54) is 11.0 Å². The summed E-state index contributed by atoms with van der Waals surface area (Å²) in [6.45, 7) is -0.422. The summed E-state index contributed by atoms with van der Waals surface area (Å²) < 4.78 is 0. The molecule has 1 heterocycles. The number of benzene rings is 2. The average Bonchev–Trinajstić information content (AvgIpc) is 2.93. The SMILES string of the molecule is N#CCCN(C(=O)CN1C(=O)c2ccc([N+](=O)[O-])cc2C1=O)c1ccccc1. The molecule has 0 saturated carbocycles. The van der Waals surface area contributed by atoms with Crippen LogP contribution in [0.2, 0.25) is 0 Å². The number of nitro benzene ring substituents is 1. The van der Waals surface area contributed by atoms with Crippen molar-refractivity contribution >= 4 is 29.1 Å². The van der Waals surface area contributed by atoms with Crippen molar-refractivity contribution in [3.05, 3.63) is 69.8 Å². The number of imide groups is 1. The third-order valence-corrected chi connectivity index (χ3v) is 4.27. The Morgan fingerprint density at radius 1 is 1.11 bits per heavy atom. The molecule has 0 saturated heterocycles. The lowest BCUT2D eigenvalue weighted by Crippen LogP contribution is -2.43. The molecule has 3 amide bonds. The Hall–Kier alpha value is -4.06. The standard InChI is InChI=1S/C19H14N4O5/c20-9-4-10-21(13-5-2-1-3-6-13)17(24)12-22-18(25)15-8-7-14(23(27)28)11-16(15)19(22)26/h1-3,5-8,11H,4,10,12H2. The number of non-ortho nitro benzene ring substituents is 1. The number of carbonyl (C=O) groups excluding carboxylic acids is 3. The van der Waals surface area contributed by atoms with Gasteiger partial charge in [-0.15, -0.1) is 0 Å². The quantitative estimate of drug-likeness (QED) is 0.431. The average molecular weight is 378 g/mol. The van der Waals surface area contributed by atoms with E-state index in [1.54, 1.807) is 30.3 Å². The molecule has 9 heteroatoms. The van der Waals surface area contributed by atoms with Crippen LogP contribution < -0.4 is 4.90 Å². The number of anilines is 1. The molecular formula is C19H14N4O5. The molecule has 2 aromatic rings. The Bertz CT molecular complexity index is 1010. The number of para-hydroxylation sites is 1. The molecule has 1 aliphatic rings. The maximum absolute atomic E-state index is 12.8. The predicted octanol–water partition coefficient (Wildman–Crippen LogP) is 2.14. The molecule has 0 fully saturated rings. The van der Waals surface area contributed by atoms with Gasteiger partial charge in [-0.05, 0) is 18.2 Å². The van der Waals surface area contributed by atoms with Crippen LogP contribution in [0.5, 0.6) is 0 Å². The molecule has 0 aliphatic carbocycles. The van der Waals surface area contributed by atoms with E-state index in [-0.39, 0.29) is 29.8 Å². The zero-order valence-electron chi connectivity index (χ0n) is 14.6. The first-order valence-corrected chi connectivity index (χ1v) is 8.31. The Morgan fingerprint density at radius 2 is 1.79 bits per heavy atom. The highest BCUT2D eigenvalue weighted by atomic mass is 16.6. The first-order chi connectivity index (χ1) is 13.4. The minimum absolute atomic E-state index is 0.0201. The summed E-state index contributed by atoms with van der Waals surface area (Å²) in [7, 11) is 0. The second-order valence-corrected chi connectivity index (χ2v) is 5.97. The fourth-order valence-electron chi connectivity index (χ4n) is 2.92. The smallest absolute Gasteiger partial charge is 0.270 e. The molecule has 0 aromatic heterocycles. The number of hydrogen-bond acceptors (Lipinski definition) is 6. The summed E-state index contributed by atoms with van der Waals surface area (Å²) in [6, 6.07) is 13.9. The normalized spacial score (nSPS) is 12.5. The maximum atomic E-state index is 12.8. The van der Waals surface area contributed by atoms with Crippen LogP contribution in [-0.2, 0) is 4.79 Å². The molecule has 28 heavy (non-hydrogen) atoms. The third-order valence-electron chi connectivity index (χ3n) is 4.27. The van der Waals surface area contributed by atoms with Crippen molar-refractivity contribution in [3.63, 3.8) is 0 Å². The second kappa shape index (κ2) is 7.67.